The molecule has 0 bridgehead atoms. The Balaban J connectivity index is 1.26. The third kappa shape index (κ3) is 11.7. The lowest BCUT2D eigenvalue weighted by Gasteiger charge is -2.42. The van der Waals surface area contributed by atoms with Crippen molar-refractivity contribution in [2.24, 2.45) is 5.11 Å². The van der Waals surface area contributed by atoms with Crippen molar-refractivity contribution in [1.29, 1.82) is 0 Å². The van der Waals surface area contributed by atoms with Gasteiger partial charge in [-0.2, -0.15) is 0 Å². The highest BCUT2D eigenvalue weighted by Gasteiger charge is 2.48. The minimum absolute atomic E-state index is 0.156. The first-order chi connectivity index (χ1) is 26.9. The number of methoxy groups -OCH3 is 1. The number of aliphatic hydroxyl groups is 12. The normalized spacial score (nSPS) is 43.5. The molecule has 0 unspecified atom stereocenters. The van der Waals surface area contributed by atoms with Gasteiger partial charge in [-0.3, -0.25) is 0 Å². The molecule has 4 saturated heterocycles. The molecule has 4 aliphatic rings. The quantitative estimate of drug-likeness (QED) is 0.0374. The summed E-state index contributed by atoms with van der Waals surface area (Å²) >= 11 is 15.7. The number of azide groups is 1. The van der Waals surface area contributed by atoms with Gasteiger partial charge < -0.3 is 117 Å². The summed E-state index contributed by atoms with van der Waals surface area (Å²) in [6.07, 6.45) is -29.9. The molecule has 0 saturated carbocycles. The van der Waals surface area contributed by atoms with E-state index in [1.54, 1.807) is 0 Å². The van der Waals surface area contributed by atoms with Crippen molar-refractivity contribution < 1.29 is 85.0 Å². The molecule has 20 atom stereocenters. The van der Waals surface area contributed by atoms with Gasteiger partial charge in [0.1, 0.15) is 91.6 Å². The average Bonchev–Trinajstić information content (AvgIpc) is 3.18. The number of ether oxygens (including phenoxy) is 5. The van der Waals surface area contributed by atoms with E-state index in [0.717, 1.165) is 0 Å². The Morgan fingerprint density at radius 3 is 1.18 bits per heavy atom. The van der Waals surface area contributed by atoms with Crippen molar-refractivity contribution in [3.8, 4) is 0 Å². The van der Waals surface area contributed by atoms with Crippen LogP contribution in [0.15, 0.2) is 5.11 Å². The molecular formula is C28H49N9O17S3. The van der Waals surface area contributed by atoms with Crippen LogP contribution in [0.3, 0.4) is 0 Å². The molecular weight excluding hydrogens is 831 g/mol. The molecule has 0 spiro atoms. The van der Waals surface area contributed by atoms with Gasteiger partial charge in [-0.05, 0) is 42.2 Å². The van der Waals surface area contributed by atoms with E-state index >= 15 is 0 Å². The van der Waals surface area contributed by atoms with Crippen LogP contribution in [0.5, 0.6) is 0 Å². The second kappa shape index (κ2) is 21.3. The van der Waals surface area contributed by atoms with Crippen molar-refractivity contribution in [2.75, 3.05) is 33.3 Å². The molecule has 26 nitrogen and oxygen atoms in total. The van der Waals surface area contributed by atoms with Crippen molar-refractivity contribution >= 4 is 52.0 Å². The van der Waals surface area contributed by atoms with Gasteiger partial charge in [0.2, 0.25) is 0 Å². The van der Waals surface area contributed by atoms with E-state index in [1.165, 1.54) is 7.11 Å². The van der Waals surface area contributed by atoms with Crippen LogP contribution in [0.2, 0.25) is 0 Å². The second-order valence-corrected chi connectivity index (χ2v) is 14.7. The maximum atomic E-state index is 10.6. The number of nitrogens with one attached hydrogen (secondary N) is 6. The number of thiocarbonyl (C=S) groups is 3. The zero-order valence-electron chi connectivity index (χ0n) is 29.8. The van der Waals surface area contributed by atoms with Gasteiger partial charge in [0.25, 0.3) is 0 Å². The molecule has 4 fully saturated rings. The second-order valence-electron chi connectivity index (χ2n) is 13.4. The highest BCUT2D eigenvalue weighted by Crippen LogP contribution is 2.24. The van der Waals surface area contributed by atoms with Gasteiger partial charge in [0.05, 0.1) is 12.6 Å². The Hall–Kier alpha value is -2.30. The first kappa shape index (κ1) is 47.4. The first-order valence-corrected chi connectivity index (χ1v) is 18.6. The van der Waals surface area contributed by atoms with Crippen LogP contribution in [0.1, 0.15) is 0 Å². The maximum Gasteiger partial charge on any atom is 0.186 e. The first-order valence-electron chi connectivity index (χ1n) is 17.3. The van der Waals surface area contributed by atoms with Crippen molar-refractivity contribution in [2.45, 2.75) is 123 Å². The van der Waals surface area contributed by atoms with Gasteiger partial charge in [-0.25, -0.2) is 0 Å². The van der Waals surface area contributed by atoms with E-state index in [-0.39, 0.29) is 41.5 Å². The van der Waals surface area contributed by atoms with Gasteiger partial charge in [-0.15, -0.1) is 0 Å². The summed E-state index contributed by atoms with van der Waals surface area (Å²) in [6, 6.07) is 0. The number of hydrogen-bond donors (Lipinski definition) is 18. The fourth-order valence-electron chi connectivity index (χ4n) is 6.22. The standard InChI is InChI=1S/C28H49N9O17S3/c1-50-25-21(49)17(45)12(40)8(54-25)4-32-28(57)35-23-19(47)15(43)10(38)6(52-23)2-30-26(55)34-22-18(46)14(42)11(39)7(51-22)3-31-27(56)36-24-20(48)16(44)13(41)9(53-24)5-33-37-29/h6-25,38-49H,2-5H2,1H3,(H2,30,34,55)(H2,31,36,56)(H2,32,35,57)/t6-,7-,8-,9-,10-,11-,12-,13-,14+,15+,16+,17+,18-,19-,20-,21-,22-,23-,24-,25+/m1/s1. The molecule has 57 heavy (non-hydrogen) atoms. The lowest BCUT2D eigenvalue weighted by Crippen LogP contribution is -2.67. The number of nitrogens with zero attached hydrogens (tertiary/aromatic N) is 3. The molecule has 4 aliphatic heterocycles. The lowest BCUT2D eigenvalue weighted by molar-refractivity contribution is -0.288. The van der Waals surface area contributed by atoms with Crippen LogP contribution >= 0.6 is 36.7 Å². The summed E-state index contributed by atoms with van der Waals surface area (Å²) in [4.78, 5) is 2.57. The predicted octanol–water partition coefficient (Wildman–Crippen LogP) is -9.43. The zero-order valence-corrected chi connectivity index (χ0v) is 32.3. The Labute approximate surface area is 339 Å². The Bertz CT molecular complexity index is 1420. The summed E-state index contributed by atoms with van der Waals surface area (Å²) in [5.41, 5.74) is 8.56. The topological polar surface area (TPSA) is 410 Å². The van der Waals surface area contributed by atoms with E-state index in [0.29, 0.717) is 0 Å². The summed E-state index contributed by atoms with van der Waals surface area (Å²) in [6.45, 7) is -1.17. The molecule has 4 rings (SSSR count). The molecule has 0 aromatic rings. The number of aliphatic hydroxyl groups excluding tert-OH is 12. The van der Waals surface area contributed by atoms with E-state index < -0.39 is 123 Å². The molecule has 0 radical (unpaired) electrons. The maximum absolute atomic E-state index is 10.6. The minimum atomic E-state index is -1.76. The van der Waals surface area contributed by atoms with E-state index in [9.17, 15) is 61.3 Å². The van der Waals surface area contributed by atoms with Crippen molar-refractivity contribution in [1.82, 2.24) is 31.9 Å². The average molecular weight is 880 g/mol. The van der Waals surface area contributed by atoms with Gasteiger partial charge in [-0.1, -0.05) is 5.11 Å². The fourth-order valence-corrected chi connectivity index (χ4v) is 6.81. The van der Waals surface area contributed by atoms with Crippen LogP contribution in [0, 0.1) is 0 Å². The molecule has 18 N–H and O–H groups in total. The lowest BCUT2D eigenvalue weighted by atomic mass is 9.97. The Morgan fingerprint density at radius 1 is 0.509 bits per heavy atom. The van der Waals surface area contributed by atoms with Crippen LogP contribution in [-0.2, 0) is 23.7 Å². The van der Waals surface area contributed by atoms with Crippen molar-refractivity contribution in [3.05, 3.63) is 10.4 Å². The van der Waals surface area contributed by atoms with Crippen LogP contribution in [-0.4, -0.2) is 233 Å². The summed E-state index contributed by atoms with van der Waals surface area (Å²) in [5.74, 6) is 0. The zero-order chi connectivity index (χ0) is 42.3. The fraction of sp³-hybridized carbons (Fsp3) is 0.893. The number of hydrogen-bond acceptors (Lipinski definition) is 21. The highest BCUT2D eigenvalue weighted by atomic mass is 32.1. The molecule has 0 amide bonds. The third-order valence-corrected chi connectivity index (χ3v) is 10.4. The largest absolute Gasteiger partial charge is 0.388 e. The summed E-state index contributed by atoms with van der Waals surface area (Å²) in [7, 11) is 1.23. The predicted molar refractivity (Wildman–Crippen MR) is 199 cm³/mol. The van der Waals surface area contributed by atoms with Crippen LogP contribution in [0.25, 0.3) is 10.4 Å². The van der Waals surface area contributed by atoms with Gasteiger partial charge in [0.15, 0.2) is 40.3 Å². The van der Waals surface area contributed by atoms with E-state index in [1.807, 2.05) is 0 Å². The van der Waals surface area contributed by atoms with Crippen LogP contribution < -0.4 is 31.9 Å². The molecule has 4 heterocycles. The number of rotatable bonds is 12. The van der Waals surface area contributed by atoms with Gasteiger partial charge >= 0.3 is 0 Å². The van der Waals surface area contributed by atoms with Crippen molar-refractivity contribution in [3.63, 3.8) is 0 Å². The van der Waals surface area contributed by atoms with E-state index in [2.05, 4.69) is 41.9 Å². The minimum Gasteiger partial charge on any atom is -0.388 e. The molecule has 29 heteroatoms. The third-order valence-electron chi connectivity index (χ3n) is 9.57. The SMILES string of the molecule is CO[C@H]1O[C@H](CNC(=S)N[C@@H]2O[C@H](CNC(=S)N[C@@H]3O[C@H](CNC(=S)N[C@@H]4O[C@H](CN=[N+]=[N-])[C@@H](O)[C@H](O)[C@H]4O)[C@@H](O)[C@H](O)[C@H]3O)[C@@H](O)[C@H](O)[C@H]2O)[C@@H](O)[C@H](O)[C@H]1O. The smallest absolute Gasteiger partial charge is 0.186 e. The Kier molecular flexibility index (Phi) is 17.7. The highest BCUT2D eigenvalue weighted by molar-refractivity contribution is 7.80. The van der Waals surface area contributed by atoms with Crippen LogP contribution in [0.4, 0.5) is 0 Å². The molecule has 326 valence electrons. The summed E-state index contributed by atoms with van der Waals surface area (Å²) in [5, 5.41) is 143. The van der Waals surface area contributed by atoms with Gasteiger partial charge in [0, 0.05) is 31.7 Å². The molecule has 0 aromatic carbocycles. The van der Waals surface area contributed by atoms with E-state index in [4.69, 9.17) is 65.9 Å². The monoisotopic (exact) mass is 879 g/mol. The summed E-state index contributed by atoms with van der Waals surface area (Å²) < 4.78 is 27.3. The molecule has 0 aliphatic carbocycles. The Morgan fingerprint density at radius 2 is 0.825 bits per heavy atom. The molecule has 0 aromatic heterocycles.